The van der Waals surface area contributed by atoms with Gasteiger partial charge in [0.15, 0.2) is 5.82 Å². The van der Waals surface area contributed by atoms with Crippen molar-refractivity contribution in [3.63, 3.8) is 0 Å². The molecule has 3 aromatic rings. The average Bonchev–Trinajstić information content (AvgIpc) is 3.18. The summed E-state index contributed by atoms with van der Waals surface area (Å²) in [6.45, 7) is 1.68. The van der Waals surface area contributed by atoms with Crippen LogP contribution in [0.25, 0.3) is 6.08 Å². The molecule has 0 saturated heterocycles. The Bertz CT molecular complexity index is 1210. The fraction of sp³-hybridized carbons (Fsp3) is 0.0909. The number of ether oxygens (including phenoxy) is 2. The highest BCUT2D eigenvalue weighted by molar-refractivity contribution is 9.10. The van der Waals surface area contributed by atoms with Crippen LogP contribution in [0, 0.1) is 18.3 Å². The van der Waals surface area contributed by atoms with Gasteiger partial charge in [-0.05, 0) is 64.8 Å². The summed E-state index contributed by atoms with van der Waals surface area (Å²) in [4.78, 5) is 24.7. The number of rotatable bonds is 6. The molecular weight excluding hydrogens is 466 g/mol. The van der Waals surface area contributed by atoms with E-state index in [2.05, 4.69) is 26.4 Å². The van der Waals surface area contributed by atoms with E-state index in [4.69, 9.17) is 14.0 Å². The third kappa shape index (κ3) is 5.58. The zero-order valence-electron chi connectivity index (χ0n) is 16.5. The molecule has 1 aromatic heterocycles. The van der Waals surface area contributed by atoms with Crippen molar-refractivity contribution in [2.24, 2.45) is 0 Å². The standard InChI is InChI=1S/C22H16BrN3O5/c1-13-8-20(26-31-13)25-21(27)16(12-24)9-14-6-7-19(18(23)10-14)30-22(28)15-4-3-5-17(11-15)29-2/h3-11H,1-2H3,(H,25,26,27)/b16-9-. The normalized spacial score (nSPS) is 10.8. The van der Waals surface area contributed by atoms with Gasteiger partial charge in [-0.3, -0.25) is 4.79 Å². The SMILES string of the molecule is COc1cccc(C(=O)Oc2ccc(/C=C(/C#N)C(=O)Nc3cc(C)on3)cc2Br)c1. The van der Waals surface area contributed by atoms with E-state index in [9.17, 15) is 14.9 Å². The van der Waals surface area contributed by atoms with Crippen LogP contribution in [0.3, 0.4) is 0 Å². The van der Waals surface area contributed by atoms with E-state index in [0.29, 0.717) is 27.1 Å². The van der Waals surface area contributed by atoms with Crippen LogP contribution in [0.5, 0.6) is 11.5 Å². The first kappa shape index (κ1) is 21.8. The van der Waals surface area contributed by atoms with Crippen molar-refractivity contribution in [2.75, 3.05) is 12.4 Å². The lowest BCUT2D eigenvalue weighted by molar-refractivity contribution is -0.112. The summed E-state index contributed by atoms with van der Waals surface area (Å²) in [5, 5.41) is 15.5. The first-order chi connectivity index (χ1) is 14.9. The van der Waals surface area contributed by atoms with E-state index >= 15 is 0 Å². The van der Waals surface area contributed by atoms with Crippen LogP contribution in [0.2, 0.25) is 0 Å². The molecule has 0 aliphatic carbocycles. The van der Waals surface area contributed by atoms with E-state index in [0.717, 1.165) is 0 Å². The van der Waals surface area contributed by atoms with Crippen LogP contribution in [-0.2, 0) is 4.79 Å². The predicted octanol–water partition coefficient (Wildman–Crippen LogP) is 4.52. The Labute approximate surface area is 186 Å². The smallest absolute Gasteiger partial charge is 0.343 e. The minimum atomic E-state index is -0.625. The monoisotopic (exact) mass is 481 g/mol. The highest BCUT2D eigenvalue weighted by Crippen LogP contribution is 2.28. The Morgan fingerprint density at radius 3 is 2.68 bits per heavy atom. The summed E-state index contributed by atoms with van der Waals surface area (Å²) in [7, 11) is 1.51. The number of aromatic nitrogens is 1. The Kier molecular flexibility index (Phi) is 6.85. The third-order valence-corrected chi connectivity index (χ3v) is 4.63. The number of hydrogen-bond donors (Lipinski definition) is 1. The zero-order valence-corrected chi connectivity index (χ0v) is 18.1. The van der Waals surface area contributed by atoms with Crippen LogP contribution in [0.1, 0.15) is 21.7 Å². The fourth-order valence-corrected chi connectivity index (χ4v) is 3.00. The number of benzene rings is 2. The number of nitriles is 1. The second-order valence-electron chi connectivity index (χ2n) is 6.26. The number of carbonyl (C=O) groups excluding carboxylic acids is 2. The summed E-state index contributed by atoms with van der Waals surface area (Å²) in [6.07, 6.45) is 1.40. The van der Waals surface area contributed by atoms with Crippen LogP contribution in [-0.4, -0.2) is 24.1 Å². The minimum absolute atomic E-state index is 0.131. The molecule has 2 aromatic carbocycles. The van der Waals surface area contributed by atoms with E-state index < -0.39 is 11.9 Å². The molecule has 9 heteroatoms. The van der Waals surface area contributed by atoms with Gasteiger partial charge in [0.25, 0.3) is 5.91 Å². The van der Waals surface area contributed by atoms with Crippen molar-refractivity contribution in [3.8, 4) is 17.6 Å². The van der Waals surface area contributed by atoms with Crippen molar-refractivity contribution in [1.82, 2.24) is 5.16 Å². The van der Waals surface area contributed by atoms with E-state index in [1.165, 1.54) is 19.3 Å². The maximum Gasteiger partial charge on any atom is 0.343 e. The Balaban J connectivity index is 1.75. The second-order valence-corrected chi connectivity index (χ2v) is 7.11. The molecule has 0 radical (unpaired) electrons. The topological polar surface area (TPSA) is 114 Å². The lowest BCUT2D eigenvalue weighted by Crippen LogP contribution is -2.13. The number of anilines is 1. The Hall–Kier alpha value is -3.90. The van der Waals surface area contributed by atoms with Gasteiger partial charge in [-0.2, -0.15) is 5.26 Å². The molecule has 31 heavy (non-hydrogen) atoms. The van der Waals surface area contributed by atoms with Gasteiger partial charge in [-0.25, -0.2) is 4.79 Å². The van der Waals surface area contributed by atoms with Crippen molar-refractivity contribution >= 4 is 39.7 Å². The average molecular weight is 482 g/mol. The summed E-state index contributed by atoms with van der Waals surface area (Å²) in [6, 6.07) is 14.8. The largest absolute Gasteiger partial charge is 0.497 e. The molecule has 8 nitrogen and oxygen atoms in total. The number of hydrogen-bond acceptors (Lipinski definition) is 7. The van der Waals surface area contributed by atoms with Gasteiger partial charge in [0, 0.05) is 6.07 Å². The molecule has 0 aliphatic heterocycles. The first-order valence-electron chi connectivity index (χ1n) is 8.92. The van der Waals surface area contributed by atoms with Crippen molar-refractivity contribution < 1.29 is 23.6 Å². The van der Waals surface area contributed by atoms with Gasteiger partial charge in [0.1, 0.15) is 28.9 Å². The van der Waals surface area contributed by atoms with Crippen molar-refractivity contribution in [3.05, 3.63) is 75.5 Å². The molecule has 0 aliphatic rings. The van der Waals surface area contributed by atoms with Crippen LogP contribution in [0.4, 0.5) is 5.82 Å². The fourth-order valence-electron chi connectivity index (χ4n) is 2.52. The second kappa shape index (κ2) is 9.73. The molecule has 3 rings (SSSR count). The van der Waals surface area contributed by atoms with Gasteiger partial charge in [0.2, 0.25) is 0 Å². The molecule has 0 fully saturated rings. The van der Waals surface area contributed by atoms with E-state index in [1.807, 2.05) is 6.07 Å². The lowest BCUT2D eigenvalue weighted by atomic mass is 10.1. The molecule has 0 unspecified atom stereocenters. The lowest BCUT2D eigenvalue weighted by Gasteiger charge is -2.08. The summed E-state index contributed by atoms with van der Waals surface area (Å²) >= 11 is 3.34. The summed E-state index contributed by atoms with van der Waals surface area (Å²) in [5.74, 6) is 0.386. The number of carbonyl (C=O) groups is 2. The molecule has 0 atom stereocenters. The number of amides is 1. The van der Waals surface area contributed by atoms with Crippen LogP contribution >= 0.6 is 15.9 Å². The third-order valence-electron chi connectivity index (χ3n) is 4.01. The minimum Gasteiger partial charge on any atom is -0.497 e. The molecule has 1 amide bonds. The maximum atomic E-state index is 12.4. The predicted molar refractivity (Wildman–Crippen MR) is 116 cm³/mol. The van der Waals surface area contributed by atoms with Gasteiger partial charge in [-0.1, -0.05) is 17.3 Å². The summed E-state index contributed by atoms with van der Waals surface area (Å²) in [5.41, 5.74) is 0.756. The number of nitrogens with one attached hydrogen (secondary N) is 1. The van der Waals surface area contributed by atoms with Gasteiger partial charge < -0.3 is 19.3 Å². The molecule has 0 spiro atoms. The number of esters is 1. The number of halogens is 1. The molecule has 0 bridgehead atoms. The van der Waals surface area contributed by atoms with Gasteiger partial charge in [0.05, 0.1) is 17.1 Å². The van der Waals surface area contributed by atoms with E-state index in [-0.39, 0.29) is 17.1 Å². The quantitative estimate of drug-likeness (QED) is 0.238. The molecule has 0 saturated carbocycles. The zero-order chi connectivity index (χ0) is 22.4. The molecule has 1 heterocycles. The van der Waals surface area contributed by atoms with E-state index in [1.54, 1.807) is 49.4 Å². The molecular formula is C22H16BrN3O5. The number of aryl methyl sites for hydroxylation is 1. The number of nitrogens with zero attached hydrogens (tertiary/aromatic N) is 2. The van der Waals surface area contributed by atoms with Gasteiger partial charge >= 0.3 is 5.97 Å². The first-order valence-corrected chi connectivity index (χ1v) is 9.71. The number of methoxy groups -OCH3 is 1. The summed E-state index contributed by atoms with van der Waals surface area (Å²) < 4.78 is 15.9. The van der Waals surface area contributed by atoms with Crippen LogP contribution in [0.15, 0.2) is 63.1 Å². The van der Waals surface area contributed by atoms with Crippen LogP contribution < -0.4 is 14.8 Å². The van der Waals surface area contributed by atoms with Gasteiger partial charge in [-0.15, -0.1) is 0 Å². The van der Waals surface area contributed by atoms with Crippen molar-refractivity contribution in [2.45, 2.75) is 6.92 Å². The molecule has 156 valence electrons. The maximum absolute atomic E-state index is 12.4. The Morgan fingerprint density at radius 1 is 1.23 bits per heavy atom. The Morgan fingerprint density at radius 2 is 2.03 bits per heavy atom. The van der Waals surface area contributed by atoms with Crippen molar-refractivity contribution in [1.29, 1.82) is 5.26 Å². The highest BCUT2D eigenvalue weighted by atomic mass is 79.9. The molecule has 1 N–H and O–H groups in total. The highest BCUT2D eigenvalue weighted by Gasteiger charge is 2.14.